The third-order valence-electron chi connectivity index (χ3n) is 6.78. The van der Waals surface area contributed by atoms with Gasteiger partial charge in [-0.3, -0.25) is 4.57 Å². The van der Waals surface area contributed by atoms with Gasteiger partial charge >= 0.3 is 6.03 Å². The number of aryl methyl sites for hydroxylation is 1. The Kier molecular flexibility index (Phi) is 4.97. The minimum Gasteiger partial charge on any atom is -0.340 e. The first-order valence-electron chi connectivity index (χ1n) is 11.6. The molecule has 6 rings (SSSR count). The smallest absolute Gasteiger partial charge is 0.317 e. The minimum atomic E-state index is 0.0466. The van der Waals surface area contributed by atoms with E-state index in [1.165, 1.54) is 16.5 Å². The largest absolute Gasteiger partial charge is 0.340 e. The van der Waals surface area contributed by atoms with Crippen molar-refractivity contribution in [1.82, 2.24) is 29.5 Å². The number of nitrogens with one attached hydrogen (secondary N) is 1. The molecule has 1 unspecified atom stereocenters. The molecule has 2 aliphatic heterocycles. The molecular formula is C25H27N7O. The van der Waals surface area contributed by atoms with Crippen molar-refractivity contribution in [2.75, 3.05) is 31.1 Å². The van der Waals surface area contributed by atoms with E-state index in [1.807, 2.05) is 11.0 Å². The molecule has 8 heteroatoms. The van der Waals surface area contributed by atoms with Gasteiger partial charge in [0.15, 0.2) is 5.82 Å². The number of aromatic nitrogens is 4. The molecule has 4 heterocycles. The normalized spacial score (nSPS) is 18.1. The number of piperazine rings is 1. The molecule has 2 saturated heterocycles. The first kappa shape index (κ1) is 19.8. The first-order valence-corrected chi connectivity index (χ1v) is 11.6. The Hall–Kier alpha value is -3.81. The highest BCUT2D eigenvalue weighted by Crippen LogP contribution is 2.23. The molecule has 2 amide bonds. The van der Waals surface area contributed by atoms with Crippen LogP contribution in [0.25, 0.3) is 10.9 Å². The highest BCUT2D eigenvalue weighted by molar-refractivity contribution is 5.80. The molecule has 2 aromatic heterocycles. The van der Waals surface area contributed by atoms with Crippen LogP contribution in [0.3, 0.4) is 0 Å². The van der Waals surface area contributed by atoms with Crippen LogP contribution in [0.5, 0.6) is 0 Å². The third-order valence-corrected chi connectivity index (χ3v) is 6.78. The summed E-state index contributed by atoms with van der Waals surface area (Å²) in [5, 5.41) is 13.5. The Morgan fingerprint density at radius 2 is 1.82 bits per heavy atom. The number of amides is 2. The molecule has 2 aliphatic rings. The van der Waals surface area contributed by atoms with Gasteiger partial charge in [-0.1, -0.05) is 48.5 Å². The molecule has 168 valence electrons. The van der Waals surface area contributed by atoms with Crippen molar-refractivity contribution in [3.05, 3.63) is 78.2 Å². The van der Waals surface area contributed by atoms with Crippen molar-refractivity contribution >= 4 is 22.9 Å². The second-order valence-electron chi connectivity index (χ2n) is 8.79. The van der Waals surface area contributed by atoms with E-state index in [-0.39, 0.29) is 12.1 Å². The van der Waals surface area contributed by atoms with Gasteiger partial charge in [0.1, 0.15) is 0 Å². The zero-order chi connectivity index (χ0) is 22.2. The first-order chi connectivity index (χ1) is 16.3. The Morgan fingerprint density at radius 1 is 0.970 bits per heavy atom. The fourth-order valence-electron chi connectivity index (χ4n) is 5.01. The topological polar surface area (TPSA) is 71.2 Å². The van der Waals surface area contributed by atoms with Crippen LogP contribution in [0.4, 0.5) is 10.7 Å². The van der Waals surface area contributed by atoms with E-state index in [2.05, 4.69) is 90.3 Å². The minimum absolute atomic E-state index is 0.0466. The summed E-state index contributed by atoms with van der Waals surface area (Å²) < 4.78 is 4.50. The van der Waals surface area contributed by atoms with Crippen molar-refractivity contribution in [2.45, 2.75) is 25.6 Å². The Morgan fingerprint density at radius 3 is 2.73 bits per heavy atom. The molecule has 2 aromatic carbocycles. The van der Waals surface area contributed by atoms with E-state index in [9.17, 15) is 4.79 Å². The number of para-hydroxylation sites is 1. The molecule has 1 N–H and O–H groups in total. The number of urea groups is 1. The van der Waals surface area contributed by atoms with Gasteiger partial charge in [-0.15, -0.1) is 10.2 Å². The number of nitrogens with zero attached hydrogens (tertiary/aromatic N) is 6. The number of hydrogen-bond acceptors (Lipinski definition) is 4. The summed E-state index contributed by atoms with van der Waals surface area (Å²) in [5.41, 5.74) is 2.49. The van der Waals surface area contributed by atoms with Gasteiger partial charge in [0.2, 0.25) is 5.95 Å². The molecule has 0 aliphatic carbocycles. The van der Waals surface area contributed by atoms with Gasteiger partial charge in [0.25, 0.3) is 0 Å². The molecule has 4 aromatic rings. The summed E-state index contributed by atoms with van der Waals surface area (Å²) in [5.74, 6) is 1.85. The van der Waals surface area contributed by atoms with E-state index in [1.54, 1.807) is 0 Å². The summed E-state index contributed by atoms with van der Waals surface area (Å²) in [6, 6.07) is 21.3. The summed E-state index contributed by atoms with van der Waals surface area (Å²) in [6.07, 6.45) is 3.03. The predicted octanol–water partition coefficient (Wildman–Crippen LogP) is 2.74. The van der Waals surface area contributed by atoms with Gasteiger partial charge in [0, 0.05) is 44.4 Å². The van der Waals surface area contributed by atoms with Crippen molar-refractivity contribution in [1.29, 1.82) is 0 Å². The molecule has 0 bridgehead atoms. The second-order valence-corrected chi connectivity index (χ2v) is 8.79. The fourth-order valence-corrected chi connectivity index (χ4v) is 5.01. The molecule has 0 spiro atoms. The van der Waals surface area contributed by atoms with Gasteiger partial charge in [-0.05, 0) is 29.5 Å². The maximum absolute atomic E-state index is 12.0. The molecule has 33 heavy (non-hydrogen) atoms. The highest BCUT2D eigenvalue weighted by atomic mass is 16.2. The number of anilines is 1. The number of carbonyl (C=O) groups excluding carboxylic acids is 1. The van der Waals surface area contributed by atoms with Crippen LogP contribution in [0.2, 0.25) is 0 Å². The molecule has 1 atom stereocenters. The number of rotatable bonds is 6. The van der Waals surface area contributed by atoms with Crippen LogP contribution >= 0.6 is 0 Å². The summed E-state index contributed by atoms with van der Waals surface area (Å²) in [7, 11) is 0. The van der Waals surface area contributed by atoms with Gasteiger partial charge in [-0.25, -0.2) is 4.79 Å². The summed E-state index contributed by atoms with van der Waals surface area (Å²) in [6.45, 7) is 4.41. The Labute approximate surface area is 192 Å². The molecule has 0 saturated carbocycles. The van der Waals surface area contributed by atoms with Crippen LogP contribution in [-0.2, 0) is 19.5 Å². The average Bonchev–Trinajstić information content (AvgIpc) is 3.56. The van der Waals surface area contributed by atoms with Crippen molar-refractivity contribution < 1.29 is 4.79 Å². The Bertz CT molecular complexity index is 1280. The summed E-state index contributed by atoms with van der Waals surface area (Å²) in [4.78, 5) is 16.3. The van der Waals surface area contributed by atoms with Crippen molar-refractivity contribution in [3.8, 4) is 0 Å². The number of benzene rings is 2. The zero-order valence-corrected chi connectivity index (χ0v) is 18.5. The number of hydrogen-bond donors (Lipinski definition) is 1. The van der Waals surface area contributed by atoms with Crippen LogP contribution in [0.15, 0.2) is 66.9 Å². The maximum Gasteiger partial charge on any atom is 0.317 e. The lowest BCUT2D eigenvalue weighted by atomic mass is 10.1. The molecular weight excluding hydrogens is 414 g/mol. The number of fused-ring (bicyclic) bond motifs is 2. The lowest BCUT2D eigenvalue weighted by Gasteiger charge is -2.36. The third kappa shape index (κ3) is 3.71. The molecule has 0 radical (unpaired) electrons. The van der Waals surface area contributed by atoms with Crippen LogP contribution in [0, 0.1) is 0 Å². The standard InChI is InChI=1S/C25H27N7O/c33-25-26-16-21-17-30(14-15-31(21)25)24-28-27-23(32(24)13-10-19-6-2-1-3-7-19)18-29-12-11-20-8-4-5-9-22(20)29/h1-9,11-12,21H,10,13-18H2,(H,26,33). The zero-order valence-electron chi connectivity index (χ0n) is 18.5. The average molecular weight is 442 g/mol. The quantitative estimate of drug-likeness (QED) is 0.500. The SMILES string of the molecule is O=C1NCC2CN(c3nnc(Cn4ccc5ccccc54)n3CCc3ccccc3)CCN12. The number of carbonyl (C=O) groups is 1. The van der Waals surface area contributed by atoms with Crippen LogP contribution in [0.1, 0.15) is 11.4 Å². The van der Waals surface area contributed by atoms with Crippen LogP contribution < -0.4 is 10.2 Å². The van der Waals surface area contributed by atoms with Crippen molar-refractivity contribution in [2.24, 2.45) is 0 Å². The van der Waals surface area contributed by atoms with E-state index < -0.39 is 0 Å². The second kappa shape index (κ2) is 8.27. The molecule has 8 nitrogen and oxygen atoms in total. The molecule has 2 fully saturated rings. The highest BCUT2D eigenvalue weighted by Gasteiger charge is 2.37. The van der Waals surface area contributed by atoms with Gasteiger partial charge in [-0.2, -0.15) is 0 Å². The van der Waals surface area contributed by atoms with Gasteiger partial charge in [0.05, 0.1) is 12.6 Å². The Balaban J connectivity index is 1.31. The van der Waals surface area contributed by atoms with E-state index in [0.717, 1.165) is 37.8 Å². The van der Waals surface area contributed by atoms with E-state index in [4.69, 9.17) is 0 Å². The monoisotopic (exact) mass is 441 g/mol. The van der Waals surface area contributed by atoms with E-state index in [0.29, 0.717) is 19.6 Å². The lowest BCUT2D eigenvalue weighted by Crippen LogP contribution is -2.52. The van der Waals surface area contributed by atoms with Gasteiger partial charge < -0.3 is 19.7 Å². The maximum atomic E-state index is 12.0. The van der Waals surface area contributed by atoms with Crippen LogP contribution in [-0.4, -0.2) is 62.5 Å². The fraction of sp³-hybridized carbons (Fsp3) is 0.320. The summed E-state index contributed by atoms with van der Waals surface area (Å²) >= 11 is 0. The van der Waals surface area contributed by atoms with E-state index >= 15 is 0 Å². The van der Waals surface area contributed by atoms with Crippen molar-refractivity contribution in [3.63, 3.8) is 0 Å². The predicted molar refractivity (Wildman–Crippen MR) is 127 cm³/mol. The lowest BCUT2D eigenvalue weighted by molar-refractivity contribution is 0.197.